The quantitative estimate of drug-likeness (QED) is 0.371. The third-order valence-electron chi connectivity index (χ3n) is 5.06. The number of benzene rings is 3. The second kappa shape index (κ2) is 7.28. The van der Waals surface area contributed by atoms with Gasteiger partial charge in [-0.25, -0.2) is 9.97 Å². The Labute approximate surface area is 169 Å². The van der Waals surface area contributed by atoms with Gasteiger partial charge in [0.15, 0.2) is 5.82 Å². The molecule has 138 valence electrons. The Morgan fingerprint density at radius 2 is 1.45 bits per heavy atom. The second-order valence-electron chi connectivity index (χ2n) is 7.06. The van der Waals surface area contributed by atoms with E-state index in [2.05, 4.69) is 76.7 Å². The van der Waals surface area contributed by atoms with Gasteiger partial charge in [0.05, 0.1) is 5.69 Å². The summed E-state index contributed by atoms with van der Waals surface area (Å²) in [5, 5.41) is 2.51. The molecule has 0 aliphatic rings. The molecule has 0 radical (unpaired) electrons. The van der Waals surface area contributed by atoms with Crippen LogP contribution in [0, 0.1) is 6.92 Å². The topological polar surface area (TPSA) is 38.7 Å². The predicted molar refractivity (Wildman–Crippen MR) is 118 cm³/mol. The van der Waals surface area contributed by atoms with E-state index in [1.807, 2.05) is 31.3 Å². The molecule has 2 heterocycles. The zero-order valence-electron chi connectivity index (χ0n) is 16.1. The van der Waals surface area contributed by atoms with E-state index in [1.54, 1.807) is 6.20 Å². The van der Waals surface area contributed by atoms with Crippen molar-refractivity contribution in [2.24, 2.45) is 0 Å². The number of fused-ring (bicyclic) bond motifs is 1. The monoisotopic (exact) mass is 373 g/mol. The smallest absolute Gasteiger partial charge is 0.160 e. The third kappa shape index (κ3) is 3.39. The Morgan fingerprint density at radius 1 is 0.655 bits per heavy atom. The van der Waals surface area contributed by atoms with E-state index in [0.29, 0.717) is 0 Å². The molecule has 0 spiro atoms. The SMILES string of the molecule is Cc1cc(-c2cccnc2)nc(-c2ccc(-c3cccc4ccccc34)cc2)n1. The van der Waals surface area contributed by atoms with E-state index < -0.39 is 0 Å². The molecule has 0 aliphatic heterocycles. The fourth-order valence-corrected chi connectivity index (χ4v) is 3.64. The summed E-state index contributed by atoms with van der Waals surface area (Å²) >= 11 is 0. The highest BCUT2D eigenvalue weighted by Gasteiger charge is 2.09. The van der Waals surface area contributed by atoms with Crippen LogP contribution in [-0.2, 0) is 0 Å². The average Bonchev–Trinajstić information content (AvgIpc) is 2.79. The summed E-state index contributed by atoms with van der Waals surface area (Å²) in [6.45, 7) is 2.00. The van der Waals surface area contributed by atoms with E-state index in [1.165, 1.54) is 21.9 Å². The van der Waals surface area contributed by atoms with Gasteiger partial charge in [-0.15, -0.1) is 0 Å². The first kappa shape index (κ1) is 17.3. The molecule has 0 saturated carbocycles. The van der Waals surface area contributed by atoms with Crippen LogP contribution >= 0.6 is 0 Å². The van der Waals surface area contributed by atoms with Gasteiger partial charge in [0.2, 0.25) is 0 Å². The Kier molecular flexibility index (Phi) is 4.34. The van der Waals surface area contributed by atoms with Gasteiger partial charge in [0.1, 0.15) is 0 Å². The minimum absolute atomic E-state index is 0.730. The predicted octanol–water partition coefficient (Wildman–Crippen LogP) is 6.33. The summed E-state index contributed by atoms with van der Waals surface area (Å²) in [5.74, 6) is 0.730. The van der Waals surface area contributed by atoms with Crippen LogP contribution in [0.25, 0.3) is 44.5 Å². The van der Waals surface area contributed by atoms with Crippen molar-refractivity contribution in [3.05, 3.63) is 103 Å². The van der Waals surface area contributed by atoms with E-state index in [0.717, 1.165) is 28.3 Å². The number of hydrogen-bond acceptors (Lipinski definition) is 3. The van der Waals surface area contributed by atoms with Crippen LogP contribution in [0.5, 0.6) is 0 Å². The molecule has 0 amide bonds. The van der Waals surface area contributed by atoms with Crippen LogP contribution in [0.4, 0.5) is 0 Å². The number of pyridine rings is 1. The van der Waals surface area contributed by atoms with Crippen molar-refractivity contribution in [3.63, 3.8) is 0 Å². The number of aryl methyl sites for hydroxylation is 1. The third-order valence-corrected chi connectivity index (χ3v) is 5.06. The van der Waals surface area contributed by atoms with E-state index in [-0.39, 0.29) is 0 Å². The van der Waals surface area contributed by atoms with E-state index in [4.69, 9.17) is 4.98 Å². The van der Waals surface area contributed by atoms with Crippen molar-refractivity contribution in [2.45, 2.75) is 6.92 Å². The summed E-state index contributed by atoms with van der Waals surface area (Å²) in [5.41, 5.74) is 6.24. The lowest BCUT2D eigenvalue weighted by Crippen LogP contribution is -1.95. The summed E-state index contributed by atoms with van der Waals surface area (Å²) in [6, 6.07) is 29.3. The molecule has 5 aromatic rings. The molecule has 0 unspecified atom stereocenters. The normalized spacial score (nSPS) is 10.9. The van der Waals surface area contributed by atoms with Crippen LogP contribution in [0.3, 0.4) is 0 Å². The lowest BCUT2D eigenvalue weighted by Gasteiger charge is -2.09. The molecule has 0 saturated heterocycles. The van der Waals surface area contributed by atoms with Gasteiger partial charge in [0, 0.05) is 29.2 Å². The summed E-state index contributed by atoms with van der Waals surface area (Å²) in [6.07, 6.45) is 3.60. The molecule has 3 nitrogen and oxygen atoms in total. The first-order valence-electron chi connectivity index (χ1n) is 9.62. The highest BCUT2D eigenvalue weighted by atomic mass is 14.9. The second-order valence-corrected chi connectivity index (χ2v) is 7.06. The van der Waals surface area contributed by atoms with Gasteiger partial charge in [-0.1, -0.05) is 66.7 Å². The van der Waals surface area contributed by atoms with Crippen molar-refractivity contribution >= 4 is 10.8 Å². The van der Waals surface area contributed by atoms with Crippen molar-refractivity contribution in [1.29, 1.82) is 0 Å². The van der Waals surface area contributed by atoms with Crippen molar-refractivity contribution in [1.82, 2.24) is 15.0 Å². The van der Waals surface area contributed by atoms with Gasteiger partial charge >= 0.3 is 0 Å². The Balaban J connectivity index is 1.55. The van der Waals surface area contributed by atoms with Crippen LogP contribution in [-0.4, -0.2) is 15.0 Å². The molecule has 29 heavy (non-hydrogen) atoms. The molecular weight excluding hydrogens is 354 g/mol. The molecule has 2 aromatic heterocycles. The molecule has 3 heteroatoms. The zero-order chi connectivity index (χ0) is 19.6. The Hall–Kier alpha value is -3.85. The number of nitrogens with zero attached hydrogens (tertiary/aromatic N) is 3. The van der Waals surface area contributed by atoms with Crippen LogP contribution in [0.2, 0.25) is 0 Å². The van der Waals surface area contributed by atoms with Crippen molar-refractivity contribution in [2.75, 3.05) is 0 Å². The molecule has 3 aromatic carbocycles. The molecule has 5 rings (SSSR count). The summed E-state index contributed by atoms with van der Waals surface area (Å²) in [7, 11) is 0. The highest BCUT2D eigenvalue weighted by Crippen LogP contribution is 2.30. The van der Waals surface area contributed by atoms with E-state index >= 15 is 0 Å². The first-order valence-corrected chi connectivity index (χ1v) is 9.62. The van der Waals surface area contributed by atoms with Crippen LogP contribution in [0.1, 0.15) is 5.69 Å². The van der Waals surface area contributed by atoms with Crippen LogP contribution in [0.15, 0.2) is 97.3 Å². The number of aromatic nitrogens is 3. The van der Waals surface area contributed by atoms with Gasteiger partial charge in [-0.05, 0) is 47.0 Å². The minimum atomic E-state index is 0.730. The molecule has 0 fully saturated rings. The summed E-state index contributed by atoms with van der Waals surface area (Å²) in [4.78, 5) is 13.6. The maximum Gasteiger partial charge on any atom is 0.160 e. The number of hydrogen-bond donors (Lipinski definition) is 0. The van der Waals surface area contributed by atoms with E-state index in [9.17, 15) is 0 Å². The van der Waals surface area contributed by atoms with Crippen LogP contribution < -0.4 is 0 Å². The largest absolute Gasteiger partial charge is 0.264 e. The zero-order valence-corrected chi connectivity index (χ0v) is 16.1. The number of rotatable bonds is 3. The molecule has 0 aliphatic carbocycles. The highest BCUT2D eigenvalue weighted by molar-refractivity contribution is 5.96. The Morgan fingerprint density at radius 3 is 2.28 bits per heavy atom. The average molecular weight is 373 g/mol. The molecule has 0 bridgehead atoms. The fraction of sp³-hybridized carbons (Fsp3) is 0.0385. The van der Waals surface area contributed by atoms with Gasteiger partial charge < -0.3 is 0 Å². The maximum absolute atomic E-state index is 4.78. The molecule has 0 N–H and O–H groups in total. The minimum Gasteiger partial charge on any atom is -0.264 e. The maximum atomic E-state index is 4.78. The first-order chi connectivity index (χ1) is 14.3. The summed E-state index contributed by atoms with van der Waals surface area (Å²) < 4.78 is 0. The van der Waals surface area contributed by atoms with Crippen molar-refractivity contribution < 1.29 is 0 Å². The van der Waals surface area contributed by atoms with Gasteiger partial charge in [-0.2, -0.15) is 0 Å². The lowest BCUT2D eigenvalue weighted by atomic mass is 9.97. The van der Waals surface area contributed by atoms with Gasteiger partial charge in [-0.3, -0.25) is 4.98 Å². The Bertz CT molecular complexity index is 1290. The fourth-order valence-electron chi connectivity index (χ4n) is 3.64. The molecule has 0 atom stereocenters. The standard InChI is InChI=1S/C26H19N3/c1-18-16-25(22-8-5-15-27-17-22)29-26(28-18)21-13-11-20(12-14-21)24-10-4-7-19-6-2-3-9-23(19)24/h2-17H,1H3. The van der Waals surface area contributed by atoms with Crippen molar-refractivity contribution in [3.8, 4) is 33.8 Å². The lowest BCUT2D eigenvalue weighted by molar-refractivity contribution is 1.11. The molecular formula is C26H19N3. The van der Waals surface area contributed by atoms with Gasteiger partial charge in [0.25, 0.3) is 0 Å².